The number of ether oxygens (including phenoxy) is 6. The van der Waals surface area contributed by atoms with Crippen LogP contribution >= 0.6 is 0 Å². The zero-order chi connectivity index (χ0) is 34.0. The third kappa shape index (κ3) is 8.82. The number of carbonyl (C=O) groups excluding carboxylic acids is 6. The minimum absolute atomic E-state index is 0.0602. The first-order valence-corrected chi connectivity index (χ1v) is 12.9. The highest BCUT2D eigenvalue weighted by Crippen LogP contribution is 2.30. The van der Waals surface area contributed by atoms with Crippen molar-refractivity contribution in [1.82, 2.24) is 10.9 Å². The molecule has 1 heterocycles. The number of amides is 2. The van der Waals surface area contributed by atoms with Crippen LogP contribution in [-0.2, 0) is 28.7 Å². The molecule has 1 aromatic heterocycles. The van der Waals surface area contributed by atoms with Crippen molar-refractivity contribution < 1.29 is 71.5 Å². The number of carbonyl (C=O) groups is 7. The molecular weight excluding hydrogens is 616 g/mol. The number of nitrogens with one attached hydrogen (secondary N) is 2. The first kappa shape index (κ1) is 34.1. The Balaban J connectivity index is 1.93. The minimum atomic E-state index is -2.49. The summed E-state index contributed by atoms with van der Waals surface area (Å²) in [6, 6.07) is 9.38. The van der Waals surface area contributed by atoms with Crippen molar-refractivity contribution in [2.75, 3.05) is 14.2 Å². The average Bonchev–Trinajstić information content (AvgIpc) is 3.56. The van der Waals surface area contributed by atoms with E-state index in [0.717, 1.165) is 38.1 Å². The molecule has 0 fully saturated rings. The molecule has 3 N–H and O–H groups in total. The van der Waals surface area contributed by atoms with Crippen molar-refractivity contribution in [2.45, 2.75) is 26.1 Å². The second-order valence-corrected chi connectivity index (χ2v) is 8.83. The molecule has 46 heavy (non-hydrogen) atoms. The molecule has 17 heteroatoms. The molecule has 0 saturated carbocycles. The molecule has 2 amide bonds. The van der Waals surface area contributed by atoms with Gasteiger partial charge in [0, 0.05) is 13.8 Å². The lowest BCUT2D eigenvalue weighted by atomic mass is 10.1. The van der Waals surface area contributed by atoms with Gasteiger partial charge in [-0.15, -0.1) is 0 Å². The zero-order valence-electron chi connectivity index (χ0n) is 24.5. The number of benzene rings is 2. The molecule has 242 valence electrons. The molecule has 0 aliphatic rings. The first-order chi connectivity index (χ1) is 21.8. The number of esters is 4. The molecular formula is C29H26N2O15. The van der Waals surface area contributed by atoms with Crippen LogP contribution in [0, 0.1) is 0 Å². The lowest BCUT2D eigenvalue weighted by molar-refractivity contribution is -0.159. The van der Waals surface area contributed by atoms with Crippen molar-refractivity contribution in [3.05, 3.63) is 71.7 Å². The quantitative estimate of drug-likeness (QED) is 0.144. The van der Waals surface area contributed by atoms with E-state index in [-0.39, 0.29) is 39.9 Å². The van der Waals surface area contributed by atoms with Gasteiger partial charge in [0.25, 0.3) is 5.91 Å². The summed E-state index contributed by atoms with van der Waals surface area (Å²) in [7, 11) is 2.42. The first-order valence-electron chi connectivity index (χ1n) is 12.9. The van der Waals surface area contributed by atoms with E-state index in [1.165, 1.54) is 44.7 Å². The highest BCUT2D eigenvalue weighted by atomic mass is 16.6. The largest absolute Gasteiger partial charge is 0.493 e. The SMILES string of the molecule is COc1cc(C(=O)O[C@H](C(=O)NNC(=O)c2ccco2)[C@@H](OC(=O)c2ccc(OC(C)=O)c(OC)c2)C(=O)O)ccc1OC(C)=O. The number of hydrogen-bond donors (Lipinski definition) is 3. The molecule has 0 aliphatic heterocycles. The van der Waals surface area contributed by atoms with E-state index < -0.39 is 53.9 Å². The third-order valence-corrected chi connectivity index (χ3v) is 5.60. The number of carboxylic acid groups (broad SMARTS) is 1. The highest BCUT2D eigenvalue weighted by molar-refractivity contribution is 5.98. The number of hydrogen-bond acceptors (Lipinski definition) is 14. The Labute approximate surface area is 259 Å². The van der Waals surface area contributed by atoms with Gasteiger partial charge in [-0.05, 0) is 48.5 Å². The normalized spacial score (nSPS) is 11.6. The fourth-order valence-corrected chi connectivity index (χ4v) is 3.59. The maximum atomic E-state index is 13.2. The van der Waals surface area contributed by atoms with Crippen molar-refractivity contribution >= 4 is 41.7 Å². The van der Waals surface area contributed by atoms with Crippen LogP contribution in [0.25, 0.3) is 0 Å². The Morgan fingerprint density at radius 3 is 1.61 bits per heavy atom. The van der Waals surface area contributed by atoms with Gasteiger partial charge in [0.1, 0.15) is 0 Å². The van der Waals surface area contributed by atoms with E-state index in [2.05, 4.69) is 0 Å². The topological polar surface area (TPSA) is 232 Å². The van der Waals surface area contributed by atoms with E-state index in [9.17, 15) is 38.7 Å². The van der Waals surface area contributed by atoms with Gasteiger partial charge in [-0.2, -0.15) is 0 Å². The highest BCUT2D eigenvalue weighted by Gasteiger charge is 2.41. The average molecular weight is 643 g/mol. The minimum Gasteiger partial charge on any atom is -0.493 e. The monoisotopic (exact) mass is 642 g/mol. The Morgan fingerprint density at radius 2 is 1.20 bits per heavy atom. The molecule has 0 unspecified atom stereocenters. The molecule has 0 radical (unpaired) electrons. The van der Waals surface area contributed by atoms with Gasteiger partial charge >= 0.3 is 35.8 Å². The van der Waals surface area contributed by atoms with Crippen molar-refractivity contribution in [2.24, 2.45) is 0 Å². The standard InChI is InChI=1S/C29H26N2O15/c1-14(32)43-18-9-7-16(12-21(18)40-3)28(38)45-23(26(35)31-30-25(34)20-6-5-11-42-20)24(27(36)37)46-29(39)17-8-10-19(44-15(2)33)22(13-17)41-4/h5-13,23-24H,1-4H3,(H,30,34)(H,31,35)(H,36,37)/t23-,24+/m0/s1. The molecule has 2 aromatic carbocycles. The second kappa shape index (κ2) is 15.4. The van der Waals surface area contributed by atoms with Crippen LogP contribution in [0.3, 0.4) is 0 Å². The fraction of sp³-hybridized carbons (Fsp3) is 0.207. The maximum absolute atomic E-state index is 13.2. The van der Waals surface area contributed by atoms with Crippen LogP contribution in [0.1, 0.15) is 45.1 Å². The van der Waals surface area contributed by atoms with Crippen LogP contribution in [-0.4, -0.2) is 73.2 Å². The van der Waals surface area contributed by atoms with E-state index in [1.54, 1.807) is 0 Å². The van der Waals surface area contributed by atoms with Gasteiger partial charge in [0.2, 0.25) is 12.2 Å². The van der Waals surface area contributed by atoms with Gasteiger partial charge in [0.05, 0.1) is 31.6 Å². The molecule has 0 spiro atoms. The molecule has 0 aliphatic carbocycles. The van der Waals surface area contributed by atoms with E-state index >= 15 is 0 Å². The molecule has 0 saturated heterocycles. The summed E-state index contributed by atoms with van der Waals surface area (Å²) in [4.78, 5) is 86.5. The lowest BCUT2D eigenvalue weighted by Crippen LogP contribution is -2.54. The van der Waals surface area contributed by atoms with Gasteiger partial charge < -0.3 is 37.9 Å². The Hall–Kier alpha value is -6.39. The predicted octanol–water partition coefficient (Wildman–Crippen LogP) is 1.44. The zero-order valence-corrected chi connectivity index (χ0v) is 24.5. The summed E-state index contributed by atoms with van der Waals surface area (Å²) in [5.74, 6) is -8.86. The number of furan rings is 1. The fourth-order valence-electron chi connectivity index (χ4n) is 3.59. The van der Waals surface area contributed by atoms with E-state index in [1.807, 2.05) is 10.9 Å². The Kier molecular flexibility index (Phi) is 11.4. The molecule has 2 atom stereocenters. The van der Waals surface area contributed by atoms with Gasteiger partial charge in [-0.3, -0.25) is 30.0 Å². The summed E-state index contributed by atoms with van der Waals surface area (Å²) in [5.41, 5.74) is 3.24. The molecule has 0 bridgehead atoms. The number of carboxylic acids is 1. The van der Waals surface area contributed by atoms with E-state index in [0.29, 0.717) is 0 Å². The predicted molar refractivity (Wildman–Crippen MR) is 149 cm³/mol. The number of aliphatic carboxylic acids is 1. The van der Waals surface area contributed by atoms with Crippen LogP contribution in [0.5, 0.6) is 23.0 Å². The summed E-state index contributed by atoms with van der Waals surface area (Å²) >= 11 is 0. The van der Waals surface area contributed by atoms with Crippen molar-refractivity contribution in [3.8, 4) is 23.0 Å². The van der Waals surface area contributed by atoms with Crippen molar-refractivity contribution in [1.29, 1.82) is 0 Å². The van der Waals surface area contributed by atoms with Crippen LogP contribution in [0.2, 0.25) is 0 Å². The molecule has 3 aromatic rings. The Morgan fingerprint density at radius 1 is 0.696 bits per heavy atom. The van der Waals surface area contributed by atoms with Gasteiger partial charge in [-0.1, -0.05) is 0 Å². The summed E-state index contributed by atoms with van der Waals surface area (Å²) in [5, 5.41) is 9.94. The van der Waals surface area contributed by atoms with E-state index in [4.69, 9.17) is 32.8 Å². The number of hydrazine groups is 1. The Bertz CT molecular complexity index is 1650. The summed E-state index contributed by atoms with van der Waals surface area (Å²) < 4.78 is 35.3. The van der Waals surface area contributed by atoms with Crippen LogP contribution in [0.15, 0.2) is 59.2 Å². The number of rotatable bonds is 12. The lowest BCUT2D eigenvalue weighted by Gasteiger charge is -2.23. The second-order valence-electron chi connectivity index (χ2n) is 8.83. The van der Waals surface area contributed by atoms with Crippen LogP contribution < -0.4 is 29.8 Å². The summed E-state index contributed by atoms with van der Waals surface area (Å²) in [6.07, 6.45) is -3.72. The van der Waals surface area contributed by atoms with Gasteiger partial charge in [0.15, 0.2) is 28.8 Å². The van der Waals surface area contributed by atoms with Gasteiger partial charge in [-0.25, -0.2) is 14.4 Å². The third-order valence-electron chi connectivity index (χ3n) is 5.60. The van der Waals surface area contributed by atoms with Crippen molar-refractivity contribution in [3.63, 3.8) is 0 Å². The number of methoxy groups -OCH3 is 2. The molecule has 3 rings (SSSR count). The maximum Gasteiger partial charge on any atom is 0.349 e. The van der Waals surface area contributed by atoms with Crippen LogP contribution in [0.4, 0.5) is 0 Å². The summed E-state index contributed by atoms with van der Waals surface area (Å²) in [6.45, 7) is 2.26. The molecule has 17 nitrogen and oxygen atoms in total. The smallest absolute Gasteiger partial charge is 0.349 e.